The molecule has 0 aliphatic rings. The molecule has 7 nitrogen and oxygen atoms in total. The van der Waals surface area contributed by atoms with Crippen LogP contribution in [0.4, 0.5) is 10.1 Å². The highest BCUT2D eigenvalue weighted by atomic mass is 35.5. The van der Waals surface area contributed by atoms with Crippen molar-refractivity contribution in [3.8, 4) is 0 Å². The molecule has 33 heavy (non-hydrogen) atoms. The van der Waals surface area contributed by atoms with E-state index in [2.05, 4.69) is 10.0 Å². The van der Waals surface area contributed by atoms with Gasteiger partial charge in [-0.25, -0.2) is 22.3 Å². The number of nitrogens with one attached hydrogen (secondary N) is 2. The van der Waals surface area contributed by atoms with Gasteiger partial charge in [-0.05, 0) is 48.9 Å². The van der Waals surface area contributed by atoms with Crippen LogP contribution in [-0.2, 0) is 26.1 Å². The molecule has 1 unspecified atom stereocenters. The van der Waals surface area contributed by atoms with E-state index >= 15 is 0 Å². The number of benzene rings is 3. The molecule has 0 saturated carbocycles. The van der Waals surface area contributed by atoms with E-state index in [4.69, 9.17) is 16.3 Å². The number of rotatable bonds is 8. The number of hydrogen-bond donors (Lipinski definition) is 2. The van der Waals surface area contributed by atoms with Crippen molar-refractivity contribution in [2.45, 2.75) is 24.5 Å². The summed E-state index contributed by atoms with van der Waals surface area (Å²) in [6, 6.07) is 17.7. The molecule has 2 N–H and O–H groups in total. The maximum atomic E-state index is 13.1. The van der Waals surface area contributed by atoms with Crippen LogP contribution in [0.3, 0.4) is 0 Å². The maximum Gasteiger partial charge on any atom is 0.338 e. The molecule has 0 fully saturated rings. The van der Waals surface area contributed by atoms with Crippen molar-refractivity contribution in [3.63, 3.8) is 0 Å². The summed E-state index contributed by atoms with van der Waals surface area (Å²) in [6.45, 7) is 1.42. The first-order valence-electron chi connectivity index (χ1n) is 9.76. The second-order valence-corrected chi connectivity index (χ2v) is 9.17. The van der Waals surface area contributed by atoms with E-state index in [1.807, 2.05) is 6.07 Å². The third-order valence-electron chi connectivity index (χ3n) is 4.53. The van der Waals surface area contributed by atoms with Gasteiger partial charge >= 0.3 is 5.97 Å². The monoisotopic (exact) mass is 490 g/mol. The number of sulfonamides is 1. The molecule has 0 bridgehead atoms. The molecule has 10 heteroatoms. The first-order chi connectivity index (χ1) is 15.7. The number of ether oxygens (including phenoxy) is 1. The van der Waals surface area contributed by atoms with Crippen LogP contribution < -0.4 is 10.0 Å². The van der Waals surface area contributed by atoms with E-state index < -0.39 is 33.8 Å². The van der Waals surface area contributed by atoms with Crippen LogP contribution in [0.5, 0.6) is 0 Å². The Hall–Kier alpha value is -3.27. The molecule has 0 radical (unpaired) electrons. The van der Waals surface area contributed by atoms with Gasteiger partial charge in [0.15, 0.2) is 6.10 Å². The summed E-state index contributed by atoms with van der Waals surface area (Å²) in [6.07, 6.45) is -1.23. The van der Waals surface area contributed by atoms with Crippen LogP contribution in [0, 0.1) is 5.82 Å². The fourth-order valence-electron chi connectivity index (χ4n) is 2.76. The number of carbonyl (C=O) groups excluding carboxylic acids is 2. The topological polar surface area (TPSA) is 102 Å². The highest BCUT2D eigenvalue weighted by Gasteiger charge is 2.22. The lowest BCUT2D eigenvalue weighted by atomic mass is 10.2. The third kappa shape index (κ3) is 6.61. The summed E-state index contributed by atoms with van der Waals surface area (Å²) in [5, 5.41) is 2.43. The summed E-state index contributed by atoms with van der Waals surface area (Å²) in [5.41, 5.74) is 0.887. The lowest BCUT2D eigenvalue weighted by molar-refractivity contribution is -0.123. The molecule has 0 aliphatic carbocycles. The Morgan fingerprint density at radius 3 is 2.45 bits per heavy atom. The molecule has 0 spiro atoms. The Morgan fingerprint density at radius 2 is 1.76 bits per heavy atom. The quantitative estimate of drug-likeness (QED) is 0.462. The van der Waals surface area contributed by atoms with Crippen molar-refractivity contribution in [1.29, 1.82) is 0 Å². The minimum atomic E-state index is -3.89. The molecular formula is C23H20ClFN2O5S. The fourth-order valence-corrected chi connectivity index (χ4v) is 4.03. The van der Waals surface area contributed by atoms with Crippen molar-refractivity contribution in [2.24, 2.45) is 0 Å². The Morgan fingerprint density at radius 1 is 1.03 bits per heavy atom. The Balaban J connectivity index is 1.65. The van der Waals surface area contributed by atoms with Crippen molar-refractivity contribution >= 4 is 39.2 Å². The van der Waals surface area contributed by atoms with Crippen LogP contribution in [0.15, 0.2) is 77.7 Å². The van der Waals surface area contributed by atoms with Gasteiger partial charge in [-0.15, -0.1) is 0 Å². The van der Waals surface area contributed by atoms with Gasteiger partial charge in [0, 0.05) is 6.54 Å². The Kier molecular flexibility index (Phi) is 7.80. The van der Waals surface area contributed by atoms with E-state index in [0.717, 1.165) is 23.8 Å². The van der Waals surface area contributed by atoms with Gasteiger partial charge in [-0.3, -0.25) is 4.79 Å². The van der Waals surface area contributed by atoms with E-state index in [1.54, 1.807) is 24.3 Å². The summed E-state index contributed by atoms with van der Waals surface area (Å²) >= 11 is 5.88. The van der Waals surface area contributed by atoms with Crippen molar-refractivity contribution in [1.82, 2.24) is 4.72 Å². The Labute approximate surface area is 195 Å². The SMILES string of the molecule is CC(OC(=O)c1cccc(S(=O)(=O)NCc2ccccc2)c1)C(=O)Nc1ccc(F)cc1Cl. The molecular weight excluding hydrogens is 471 g/mol. The molecule has 0 heterocycles. The zero-order valence-electron chi connectivity index (χ0n) is 17.4. The molecule has 0 aromatic heterocycles. The molecule has 0 aliphatic heterocycles. The second-order valence-electron chi connectivity index (χ2n) is 7.00. The van der Waals surface area contributed by atoms with Gasteiger partial charge in [-0.2, -0.15) is 0 Å². The summed E-state index contributed by atoms with van der Waals surface area (Å²) < 4.78 is 46.0. The number of amides is 1. The summed E-state index contributed by atoms with van der Waals surface area (Å²) in [7, 11) is -3.89. The molecule has 3 aromatic rings. The van der Waals surface area contributed by atoms with Crippen molar-refractivity contribution in [3.05, 3.63) is 94.8 Å². The number of esters is 1. The molecule has 3 rings (SSSR count). The highest BCUT2D eigenvalue weighted by Crippen LogP contribution is 2.23. The minimum absolute atomic E-state index is 0.0113. The number of halogens is 2. The lowest BCUT2D eigenvalue weighted by Gasteiger charge is -2.15. The number of hydrogen-bond acceptors (Lipinski definition) is 5. The average Bonchev–Trinajstić information content (AvgIpc) is 2.80. The van der Waals surface area contributed by atoms with Gasteiger partial charge in [-0.1, -0.05) is 48.0 Å². The van der Waals surface area contributed by atoms with Gasteiger partial charge in [0.05, 0.1) is 21.2 Å². The minimum Gasteiger partial charge on any atom is -0.449 e. The standard InChI is InChI=1S/C23H20ClFN2O5S/c1-15(22(28)27-21-11-10-18(25)13-20(21)24)32-23(29)17-8-5-9-19(12-17)33(30,31)26-14-16-6-3-2-4-7-16/h2-13,15,26H,14H2,1H3,(H,27,28). The Bertz CT molecular complexity index is 1270. The molecule has 1 atom stereocenters. The first-order valence-corrected chi connectivity index (χ1v) is 11.6. The first kappa shape index (κ1) is 24.4. The van der Waals surface area contributed by atoms with E-state index in [1.165, 1.54) is 31.2 Å². The summed E-state index contributed by atoms with van der Waals surface area (Å²) in [5.74, 6) is -2.14. The average molecular weight is 491 g/mol. The largest absolute Gasteiger partial charge is 0.449 e. The molecule has 0 saturated heterocycles. The van der Waals surface area contributed by atoms with Gasteiger partial charge in [0.1, 0.15) is 5.82 Å². The van der Waals surface area contributed by atoms with Crippen LogP contribution in [0.2, 0.25) is 5.02 Å². The number of carbonyl (C=O) groups is 2. The maximum absolute atomic E-state index is 13.1. The highest BCUT2D eigenvalue weighted by molar-refractivity contribution is 7.89. The van der Waals surface area contributed by atoms with E-state index in [-0.39, 0.29) is 27.7 Å². The summed E-state index contributed by atoms with van der Waals surface area (Å²) in [4.78, 5) is 24.7. The predicted molar refractivity (Wildman–Crippen MR) is 122 cm³/mol. The van der Waals surface area contributed by atoms with E-state index in [9.17, 15) is 22.4 Å². The molecule has 3 aromatic carbocycles. The van der Waals surface area contributed by atoms with Crippen LogP contribution in [-0.4, -0.2) is 26.4 Å². The molecule has 1 amide bonds. The zero-order valence-corrected chi connectivity index (χ0v) is 19.0. The van der Waals surface area contributed by atoms with Crippen molar-refractivity contribution in [2.75, 3.05) is 5.32 Å². The normalized spacial score (nSPS) is 12.1. The van der Waals surface area contributed by atoms with Gasteiger partial charge in [0.25, 0.3) is 5.91 Å². The zero-order chi connectivity index (χ0) is 24.0. The van der Waals surface area contributed by atoms with Gasteiger partial charge in [0.2, 0.25) is 10.0 Å². The van der Waals surface area contributed by atoms with Crippen LogP contribution in [0.1, 0.15) is 22.8 Å². The van der Waals surface area contributed by atoms with Crippen molar-refractivity contribution < 1.29 is 27.1 Å². The van der Waals surface area contributed by atoms with E-state index in [0.29, 0.717) is 0 Å². The second kappa shape index (κ2) is 10.6. The van der Waals surface area contributed by atoms with Crippen LogP contribution in [0.25, 0.3) is 0 Å². The van der Waals surface area contributed by atoms with Gasteiger partial charge < -0.3 is 10.1 Å². The smallest absolute Gasteiger partial charge is 0.338 e. The lowest BCUT2D eigenvalue weighted by Crippen LogP contribution is -2.30. The molecule has 172 valence electrons. The number of anilines is 1. The third-order valence-corrected chi connectivity index (χ3v) is 6.24. The fraction of sp³-hybridized carbons (Fsp3) is 0.130. The predicted octanol–water partition coefficient (Wildman–Crippen LogP) is 4.14. The van der Waals surface area contributed by atoms with Crippen LogP contribution >= 0.6 is 11.6 Å².